The van der Waals surface area contributed by atoms with Gasteiger partial charge in [0.05, 0.1) is 17.4 Å². The third-order valence-corrected chi connectivity index (χ3v) is 2.78. The molecule has 0 bridgehead atoms. The molecule has 2 aromatic rings. The minimum absolute atomic E-state index is 0.151. The molecule has 0 aliphatic carbocycles. The van der Waals surface area contributed by atoms with E-state index in [0.29, 0.717) is 5.69 Å². The highest BCUT2D eigenvalue weighted by atomic mass is 19.4. The maximum atomic E-state index is 12.2. The standard InChI is InChI=1S/C15H15F3N2O/c1-11(12-6-4-5-9-19-12)20-13-7-2-3-8-14(13)21-10-15(16,17)18/h2-9,11,20H,10H2,1H3. The number of alkyl halides is 3. The van der Waals surface area contributed by atoms with Gasteiger partial charge >= 0.3 is 6.18 Å². The van der Waals surface area contributed by atoms with Gasteiger partial charge in [-0.2, -0.15) is 13.2 Å². The maximum absolute atomic E-state index is 12.2. The van der Waals surface area contributed by atoms with Crippen LogP contribution in [0.4, 0.5) is 18.9 Å². The number of para-hydroxylation sites is 2. The van der Waals surface area contributed by atoms with Crippen LogP contribution in [0.2, 0.25) is 0 Å². The summed E-state index contributed by atoms with van der Waals surface area (Å²) >= 11 is 0. The fourth-order valence-corrected chi connectivity index (χ4v) is 1.81. The SMILES string of the molecule is CC(Nc1ccccc1OCC(F)(F)F)c1ccccn1. The molecule has 1 aromatic carbocycles. The summed E-state index contributed by atoms with van der Waals surface area (Å²) in [7, 11) is 0. The molecule has 1 atom stereocenters. The number of rotatable bonds is 5. The molecule has 1 unspecified atom stereocenters. The lowest BCUT2D eigenvalue weighted by Gasteiger charge is -2.18. The van der Waals surface area contributed by atoms with Crippen LogP contribution in [0, 0.1) is 0 Å². The number of halogens is 3. The summed E-state index contributed by atoms with van der Waals surface area (Å²) in [6.45, 7) is 0.562. The van der Waals surface area contributed by atoms with Crippen molar-refractivity contribution in [2.24, 2.45) is 0 Å². The Kier molecular flexibility index (Phi) is 4.67. The van der Waals surface area contributed by atoms with Gasteiger partial charge in [-0.1, -0.05) is 18.2 Å². The second-order valence-corrected chi connectivity index (χ2v) is 4.52. The van der Waals surface area contributed by atoms with Crippen molar-refractivity contribution in [1.82, 2.24) is 4.98 Å². The maximum Gasteiger partial charge on any atom is 0.422 e. The molecule has 0 saturated carbocycles. The molecule has 1 N–H and O–H groups in total. The number of pyridine rings is 1. The normalized spacial score (nSPS) is 12.8. The number of nitrogens with one attached hydrogen (secondary N) is 1. The molecule has 2 rings (SSSR count). The molecule has 3 nitrogen and oxygen atoms in total. The molecule has 1 aromatic heterocycles. The Morgan fingerprint density at radius 1 is 1.14 bits per heavy atom. The monoisotopic (exact) mass is 296 g/mol. The molecule has 0 radical (unpaired) electrons. The lowest BCUT2D eigenvalue weighted by Crippen LogP contribution is -2.20. The molecule has 0 spiro atoms. The van der Waals surface area contributed by atoms with E-state index in [1.54, 1.807) is 30.5 Å². The third-order valence-electron chi connectivity index (χ3n) is 2.78. The van der Waals surface area contributed by atoms with Crippen molar-refractivity contribution in [3.8, 4) is 5.75 Å². The van der Waals surface area contributed by atoms with E-state index in [1.807, 2.05) is 19.1 Å². The van der Waals surface area contributed by atoms with Gasteiger partial charge in [0, 0.05) is 6.20 Å². The largest absolute Gasteiger partial charge is 0.482 e. The van der Waals surface area contributed by atoms with Gasteiger partial charge in [0.2, 0.25) is 0 Å². The molecule has 0 fully saturated rings. The summed E-state index contributed by atoms with van der Waals surface area (Å²) < 4.78 is 41.6. The van der Waals surface area contributed by atoms with Crippen molar-refractivity contribution >= 4 is 5.69 Å². The molecule has 0 saturated heterocycles. The number of anilines is 1. The predicted octanol–water partition coefficient (Wildman–Crippen LogP) is 4.20. The summed E-state index contributed by atoms with van der Waals surface area (Å²) in [6.07, 6.45) is -2.70. The molecule has 6 heteroatoms. The number of hydrogen-bond donors (Lipinski definition) is 1. The summed E-state index contributed by atoms with van der Waals surface area (Å²) in [5, 5.41) is 3.11. The lowest BCUT2D eigenvalue weighted by molar-refractivity contribution is -0.153. The van der Waals surface area contributed by atoms with Crippen LogP contribution in [0.1, 0.15) is 18.7 Å². The molecular formula is C15H15F3N2O. The minimum Gasteiger partial charge on any atom is -0.482 e. The van der Waals surface area contributed by atoms with Crippen LogP contribution in [0.5, 0.6) is 5.75 Å². The minimum atomic E-state index is -4.36. The topological polar surface area (TPSA) is 34.1 Å². The van der Waals surface area contributed by atoms with Crippen LogP contribution in [0.15, 0.2) is 48.7 Å². The van der Waals surface area contributed by atoms with E-state index in [-0.39, 0.29) is 11.8 Å². The van der Waals surface area contributed by atoms with Crippen LogP contribution in [-0.2, 0) is 0 Å². The third kappa shape index (κ3) is 4.66. The molecule has 0 aliphatic rings. The van der Waals surface area contributed by atoms with E-state index >= 15 is 0 Å². The average Bonchev–Trinajstić information content (AvgIpc) is 2.46. The van der Waals surface area contributed by atoms with Crippen molar-refractivity contribution in [2.75, 3.05) is 11.9 Å². The van der Waals surface area contributed by atoms with Crippen LogP contribution >= 0.6 is 0 Å². The van der Waals surface area contributed by atoms with Crippen molar-refractivity contribution < 1.29 is 17.9 Å². The predicted molar refractivity (Wildman–Crippen MR) is 74.3 cm³/mol. The summed E-state index contributed by atoms with van der Waals surface area (Å²) in [6, 6.07) is 11.9. The Bertz CT molecular complexity index is 573. The van der Waals surface area contributed by atoms with Gasteiger partial charge in [-0.25, -0.2) is 0 Å². The number of nitrogens with zero attached hydrogens (tertiary/aromatic N) is 1. The van der Waals surface area contributed by atoms with Gasteiger partial charge in [-0.15, -0.1) is 0 Å². The summed E-state index contributed by atoms with van der Waals surface area (Å²) in [5.41, 5.74) is 1.29. The zero-order valence-corrected chi connectivity index (χ0v) is 11.4. The van der Waals surface area contributed by atoms with Crippen molar-refractivity contribution in [2.45, 2.75) is 19.1 Å². The molecule has 0 amide bonds. The first kappa shape index (κ1) is 15.2. The van der Waals surface area contributed by atoms with E-state index in [4.69, 9.17) is 4.74 Å². The number of aromatic nitrogens is 1. The first-order valence-corrected chi connectivity index (χ1v) is 6.42. The zero-order valence-electron chi connectivity index (χ0n) is 11.4. The quantitative estimate of drug-likeness (QED) is 0.898. The number of benzene rings is 1. The number of hydrogen-bond acceptors (Lipinski definition) is 3. The van der Waals surface area contributed by atoms with Crippen molar-refractivity contribution in [3.05, 3.63) is 54.4 Å². The van der Waals surface area contributed by atoms with E-state index < -0.39 is 12.8 Å². The molecule has 112 valence electrons. The smallest absolute Gasteiger partial charge is 0.422 e. The first-order valence-electron chi connectivity index (χ1n) is 6.42. The van der Waals surface area contributed by atoms with Gasteiger partial charge in [0.1, 0.15) is 5.75 Å². The van der Waals surface area contributed by atoms with Gasteiger partial charge in [-0.3, -0.25) is 4.98 Å². The van der Waals surface area contributed by atoms with Crippen LogP contribution in [-0.4, -0.2) is 17.8 Å². The number of ether oxygens (including phenoxy) is 1. The molecule has 0 aliphatic heterocycles. The fourth-order valence-electron chi connectivity index (χ4n) is 1.81. The Hall–Kier alpha value is -2.24. The van der Waals surface area contributed by atoms with Gasteiger partial charge in [-0.05, 0) is 31.2 Å². The fraction of sp³-hybridized carbons (Fsp3) is 0.267. The summed E-state index contributed by atoms with van der Waals surface area (Å²) in [4.78, 5) is 4.21. The van der Waals surface area contributed by atoms with E-state index in [2.05, 4.69) is 10.3 Å². The highest BCUT2D eigenvalue weighted by molar-refractivity contribution is 5.57. The van der Waals surface area contributed by atoms with E-state index in [1.165, 1.54) is 6.07 Å². The molecular weight excluding hydrogens is 281 g/mol. The van der Waals surface area contributed by atoms with Gasteiger partial charge < -0.3 is 10.1 Å². The van der Waals surface area contributed by atoms with Crippen LogP contribution in [0.3, 0.4) is 0 Å². The van der Waals surface area contributed by atoms with Crippen LogP contribution in [0.25, 0.3) is 0 Å². The van der Waals surface area contributed by atoms with Crippen molar-refractivity contribution in [3.63, 3.8) is 0 Å². The Morgan fingerprint density at radius 2 is 1.86 bits per heavy atom. The Balaban J connectivity index is 2.09. The van der Waals surface area contributed by atoms with Crippen LogP contribution < -0.4 is 10.1 Å². The summed E-state index contributed by atoms with van der Waals surface area (Å²) in [5.74, 6) is 0.164. The second-order valence-electron chi connectivity index (χ2n) is 4.52. The second kappa shape index (κ2) is 6.47. The van der Waals surface area contributed by atoms with E-state index in [0.717, 1.165) is 5.69 Å². The van der Waals surface area contributed by atoms with E-state index in [9.17, 15) is 13.2 Å². The molecule has 21 heavy (non-hydrogen) atoms. The van der Waals surface area contributed by atoms with Crippen molar-refractivity contribution in [1.29, 1.82) is 0 Å². The Labute approximate surface area is 120 Å². The average molecular weight is 296 g/mol. The molecule has 1 heterocycles. The highest BCUT2D eigenvalue weighted by Gasteiger charge is 2.28. The van der Waals surface area contributed by atoms with Gasteiger partial charge in [0.25, 0.3) is 0 Å². The first-order chi connectivity index (χ1) is 9.96. The Morgan fingerprint density at radius 3 is 2.52 bits per heavy atom. The highest BCUT2D eigenvalue weighted by Crippen LogP contribution is 2.29. The van der Waals surface area contributed by atoms with Gasteiger partial charge in [0.15, 0.2) is 6.61 Å². The zero-order chi connectivity index (χ0) is 15.3. The lowest BCUT2D eigenvalue weighted by atomic mass is 10.2.